The molecule has 2 aromatic rings. The summed E-state index contributed by atoms with van der Waals surface area (Å²) < 4.78 is 5.89. The topological polar surface area (TPSA) is 61.9 Å². The second kappa shape index (κ2) is 11.9. The zero-order valence-corrected chi connectivity index (χ0v) is 21.9. The van der Waals surface area contributed by atoms with Crippen molar-refractivity contribution in [3.8, 4) is 11.5 Å². The van der Waals surface area contributed by atoms with Crippen LogP contribution in [-0.2, 0) is 16.1 Å². The van der Waals surface area contributed by atoms with Gasteiger partial charge in [0.1, 0.15) is 23.1 Å². The number of piperidine rings is 1. The molecule has 1 atom stereocenters. The Balaban J connectivity index is 0.00000342. The number of unbranched alkanes of at least 4 members (excludes halogenated alkanes) is 1. The van der Waals surface area contributed by atoms with Gasteiger partial charge in [-0.05, 0) is 55.0 Å². The molecule has 1 unspecified atom stereocenters. The second-order valence-corrected chi connectivity index (χ2v) is 9.91. The van der Waals surface area contributed by atoms with E-state index in [0.717, 1.165) is 44.0 Å². The van der Waals surface area contributed by atoms with E-state index < -0.39 is 11.6 Å². The summed E-state index contributed by atoms with van der Waals surface area (Å²) in [6, 6.07) is 17.5. The van der Waals surface area contributed by atoms with E-state index in [4.69, 9.17) is 4.74 Å². The largest absolute Gasteiger partial charge is 0.457 e. The quantitative estimate of drug-likeness (QED) is 0.554. The highest BCUT2D eigenvalue weighted by Gasteiger charge is 2.53. The van der Waals surface area contributed by atoms with Crippen LogP contribution < -0.4 is 10.1 Å². The van der Waals surface area contributed by atoms with Gasteiger partial charge < -0.3 is 15.0 Å². The van der Waals surface area contributed by atoms with E-state index in [-0.39, 0.29) is 30.1 Å². The van der Waals surface area contributed by atoms with Crippen LogP contribution in [0, 0.1) is 5.92 Å². The summed E-state index contributed by atoms with van der Waals surface area (Å²) in [4.78, 5) is 30.9. The van der Waals surface area contributed by atoms with Gasteiger partial charge >= 0.3 is 0 Å². The smallest absolute Gasteiger partial charge is 0.246 e. The fourth-order valence-corrected chi connectivity index (χ4v) is 5.05. The van der Waals surface area contributed by atoms with E-state index in [1.54, 1.807) is 0 Å². The Kier molecular flexibility index (Phi) is 9.20. The Morgan fingerprint density at radius 1 is 1.00 bits per heavy atom. The molecule has 2 amide bonds. The molecule has 0 bridgehead atoms. The molecule has 6 nitrogen and oxygen atoms in total. The van der Waals surface area contributed by atoms with E-state index in [9.17, 15) is 9.59 Å². The third-order valence-corrected chi connectivity index (χ3v) is 7.15. The summed E-state index contributed by atoms with van der Waals surface area (Å²) in [6.45, 7) is 9.18. The van der Waals surface area contributed by atoms with Crippen molar-refractivity contribution in [3.05, 3.63) is 60.2 Å². The van der Waals surface area contributed by atoms with Crippen LogP contribution in [0.4, 0.5) is 0 Å². The molecule has 4 rings (SSSR count). The highest BCUT2D eigenvalue weighted by atomic mass is 35.5. The second-order valence-electron chi connectivity index (χ2n) is 9.91. The average Bonchev–Trinajstić information content (AvgIpc) is 2.84. The average molecular weight is 500 g/mol. The lowest BCUT2D eigenvalue weighted by Crippen LogP contribution is -2.73. The van der Waals surface area contributed by atoms with Crippen LogP contribution in [-0.4, -0.2) is 52.8 Å². The first-order valence-corrected chi connectivity index (χ1v) is 12.6. The van der Waals surface area contributed by atoms with E-state index in [1.165, 1.54) is 5.56 Å². The van der Waals surface area contributed by atoms with Gasteiger partial charge in [0.2, 0.25) is 11.8 Å². The Hall–Kier alpha value is -2.57. The van der Waals surface area contributed by atoms with Crippen molar-refractivity contribution in [1.82, 2.24) is 15.1 Å². The van der Waals surface area contributed by atoms with Crippen molar-refractivity contribution >= 4 is 24.2 Å². The van der Waals surface area contributed by atoms with Crippen LogP contribution in [0.5, 0.6) is 11.5 Å². The molecule has 2 fully saturated rings. The van der Waals surface area contributed by atoms with Crippen molar-refractivity contribution in [2.75, 3.05) is 19.6 Å². The Morgan fingerprint density at radius 3 is 2.23 bits per heavy atom. The number of hydrogen-bond acceptors (Lipinski definition) is 4. The molecular formula is C28H38ClN3O3. The molecule has 0 aliphatic carbocycles. The van der Waals surface area contributed by atoms with Gasteiger partial charge in [0, 0.05) is 26.2 Å². The highest BCUT2D eigenvalue weighted by molar-refractivity contribution is 6.00. The number of likely N-dealkylation sites (tertiary alicyclic amines) is 1. The number of carbonyl (C=O) groups is 2. The van der Waals surface area contributed by atoms with Crippen molar-refractivity contribution in [1.29, 1.82) is 0 Å². The van der Waals surface area contributed by atoms with Gasteiger partial charge in [0.25, 0.3) is 0 Å². The van der Waals surface area contributed by atoms with Crippen LogP contribution >= 0.6 is 12.4 Å². The van der Waals surface area contributed by atoms with Crippen molar-refractivity contribution < 1.29 is 14.3 Å². The van der Waals surface area contributed by atoms with Crippen LogP contribution in [0.25, 0.3) is 0 Å². The summed E-state index contributed by atoms with van der Waals surface area (Å²) in [5.74, 6) is 1.85. The van der Waals surface area contributed by atoms with Gasteiger partial charge in [-0.25, -0.2) is 0 Å². The number of nitrogens with zero attached hydrogens (tertiary/aromatic N) is 2. The van der Waals surface area contributed by atoms with E-state index in [2.05, 4.69) is 29.3 Å². The van der Waals surface area contributed by atoms with Crippen molar-refractivity contribution in [2.45, 2.75) is 64.6 Å². The molecule has 1 N–H and O–H groups in total. The maximum Gasteiger partial charge on any atom is 0.246 e. The first-order valence-electron chi connectivity index (χ1n) is 12.6. The van der Waals surface area contributed by atoms with Crippen LogP contribution in [0.15, 0.2) is 54.6 Å². The van der Waals surface area contributed by atoms with Crippen LogP contribution in [0.1, 0.15) is 52.0 Å². The van der Waals surface area contributed by atoms with Gasteiger partial charge in [-0.15, -0.1) is 12.4 Å². The lowest BCUT2D eigenvalue weighted by Gasteiger charge is -2.52. The molecule has 0 aromatic heterocycles. The maximum absolute atomic E-state index is 13.3. The Labute approximate surface area is 215 Å². The first-order chi connectivity index (χ1) is 16.4. The number of piperazine rings is 1. The first kappa shape index (κ1) is 27.0. The molecular weight excluding hydrogens is 462 g/mol. The molecule has 7 heteroatoms. The summed E-state index contributed by atoms with van der Waals surface area (Å²) in [5.41, 5.74) is 0.505. The monoisotopic (exact) mass is 499 g/mol. The normalized spacial score (nSPS) is 20.0. The number of nitrogens with one attached hydrogen (secondary N) is 1. The van der Waals surface area contributed by atoms with Crippen LogP contribution in [0.3, 0.4) is 0 Å². The van der Waals surface area contributed by atoms with E-state index in [1.807, 2.05) is 61.2 Å². The summed E-state index contributed by atoms with van der Waals surface area (Å²) >= 11 is 0. The minimum Gasteiger partial charge on any atom is -0.457 e. The number of carbonyl (C=O) groups excluding carboxylic acids is 2. The zero-order valence-electron chi connectivity index (χ0n) is 21.0. The minimum atomic E-state index is -0.707. The number of ether oxygens (including phenoxy) is 1. The standard InChI is InChI=1S/C28H37N3O3.ClH/c1-4-5-17-31-26(32)25(21(2)3)29-27(33)28(31)15-18-30(19-16-28)20-22-11-13-24(14-12-22)34-23-9-7-6-8-10-23;/h6-14,21,25H,4-5,15-20H2,1-3H3,(H,29,33);1H. The number of hydrogen-bond donors (Lipinski definition) is 1. The molecule has 0 radical (unpaired) electrons. The van der Waals surface area contributed by atoms with Gasteiger partial charge in [-0.1, -0.05) is 57.5 Å². The number of rotatable bonds is 8. The number of amides is 2. The molecule has 190 valence electrons. The molecule has 2 aliphatic heterocycles. The molecule has 2 saturated heterocycles. The molecule has 1 spiro atoms. The van der Waals surface area contributed by atoms with Gasteiger partial charge in [-0.3, -0.25) is 14.5 Å². The Morgan fingerprint density at radius 2 is 1.63 bits per heavy atom. The van der Waals surface area contributed by atoms with Gasteiger partial charge in [0.15, 0.2) is 0 Å². The third kappa shape index (κ3) is 5.99. The molecule has 35 heavy (non-hydrogen) atoms. The van der Waals surface area contributed by atoms with Gasteiger partial charge in [-0.2, -0.15) is 0 Å². The lowest BCUT2D eigenvalue weighted by atomic mass is 9.80. The molecule has 2 aliphatic rings. The fourth-order valence-electron chi connectivity index (χ4n) is 5.05. The summed E-state index contributed by atoms with van der Waals surface area (Å²) in [6.07, 6.45) is 3.28. The highest BCUT2D eigenvalue weighted by Crippen LogP contribution is 2.35. The lowest BCUT2D eigenvalue weighted by molar-refractivity contribution is -0.162. The van der Waals surface area contributed by atoms with Crippen molar-refractivity contribution in [2.24, 2.45) is 5.92 Å². The number of benzene rings is 2. The predicted octanol–water partition coefficient (Wildman–Crippen LogP) is 5.02. The Bertz CT molecular complexity index is 973. The summed E-state index contributed by atoms with van der Waals surface area (Å²) in [5, 5.41) is 3.06. The third-order valence-electron chi connectivity index (χ3n) is 7.15. The maximum atomic E-state index is 13.3. The number of para-hydroxylation sites is 1. The molecule has 2 heterocycles. The predicted molar refractivity (Wildman–Crippen MR) is 141 cm³/mol. The van der Waals surface area contributed by atoms with Crippen LogP contribution in [0.2, 0.25) is 0 Å². The summed E-state index contributed by atoms with van der Waals surface area (Å²) in [7, 11) is 0. The SMILES string of the molecule is CCCCN1C(=O)C(C(C)C)NC(=O)C12CCN(Cc1ccc(Oc3ccccc3)cc1)CC2.Cl. The molecule has 0 saturated carbocycles. The van der Waals surface area contributed by atoms with E-state index >= 15 is 0 Å². The van der Waals surface area contributed by atoms with E-state index in [0.29, 0.717) is 19.4 Å². The minimum absolute atomic E-state index is 0. The number of halogens is 1. The van der Waals surface area contributed by atoms with Crippen molar-refractivity contribution in [3.63, 3.8) is 0 Å². The molecule has 2 aromatic carbocycles. The zero-order chi connectivity index (χ0) is 24.1. The fraction of sp³-hybridized carbons (Fsp3) is 0.500. The van der Waals surface area contributed by atoms with Gasteiger partial charge in [0.05, 0.1) is 0 Å².